The van der Waals surface area contributed by atoms with Gasteiger partial charge in [0.2, 0.25) is 0 Å². The summed E-state index contributed by atoms with van der Waals surface area (Å²) >= 11 is 0. The lowest BCUT2D eigenvalue weighted by molar-refractivity contribution is -0.115. The van der Waals surface area contributed by atoms with E-state index in [1.54, 1.807) is 20.8 Å². The van der Waals surface area contributed by atoms with Crippen molar-refractivity contribution >= 4 is 12.4 Å². The number of rotatable bonds is 2. The summed E-state index contributed by atoms with van der Waals surface area (Å²) in [4.78, 5) is 22.3. The zero-order valence-electron chi connectivity index (χ0n) is 9.99. The minimum absolute atomic E-state index is 0.180. The summed E-state index contributed by atoms with van der Waals surface area (Å²) in [5, 5.41) is 2.70. The van der Waals surface area contributed by atoms with Crippen LogP contribution in [-0.2, 0) is 14.3 Å². The summed E-state index contributed by atoms with van der Waals surface area (Å²) in [6.07, 6.45) is 0.982. The number of amides is 1. The summed E-state index contributed by atoms with van der Waals surface area (Å²) in [6.45, 7) is 6.32. The third-order valence-corrected chi connectivity index (χ3v) is 2.28. The van der Waals surface area contributed by atoms with E-state index in [1.807, 2.05) is 0 Å². The fraction of sp³-hybridized carbons (Fsp3) is 0.818. The molecule has 5 nitrogen and oxygen atoms in total. The summed E-state index contributed by atoms with van der Waals surface area (Å²) in [7, 11) is 0. The smallest absolute Gasteiger partial charge is 0.407 e. The Morgan fingerprint density at radius 2 is 2.19 bits per heavy atom. The number of aldehydes is 1. The van der Waals surface area contributed by atoms with Gasteiger partial charge in [-0.3, -0.25) is 0 Å². The molecule has 1 fully saturated rings. The Kier molecular flexibility index (Phi) is 4.29. The largest absolute Gasteiger partial charge is 0.444 e. The lowest BCUT2D eigenvalue weighted by atomic mass is 9.97. The maximum Gasteiger partial charge on any atom is 0.407 e. The second-order valence-electron chi connectivity index (χ2n) is 4.92. The van der Waals surface area contributed by atoms with E-state index in [0.29, 0.717) is 19.6 Å². The molecule has 5 heteroatoms. The quantitative estimate of drug-likeness (QED) is 0.720. The van der Waals surface area contributed by atoms with E-state index in [4.69, 9.17) is 9.47 Å². The van der Waals surface area contributed by atoms with E-state index in [1.165, 1.54) is 0 Å². The van der Waals surface area contributed by atoms with Crippen LogP contribution >= 0.6 is 0 Å². The number of carbonyl (C=O) groups is 2. The van der Waals surface area contributed by atoms with Crippen molar-refractivity contribution in [1.82, 2.24) is 5.32 Å². The molecule has 1 N–H and O–H groups in total. The van der Waals surface area contributed by atoms with Crippen LogP contribution in [0.5, 0.6) is 0 Å². The molecule has 0 aromatic rings. The highest BCUT2D eigenvalue weighted by atomic mass is 16.6. The van der Waals surface area contributed by atoms with E-state index in [-0.39, 0.29) is 12.0 Å². The molecule has 1 amide bonds. The van der Waals surface area contributed by atoms with Gasteiger partial charge in [-0.2, -0.15) is 0 Å². The Balaban J connectivity index is 2.45. The van der Waals surface area contributed by atoms with Crippen molar-refractivity contribution in [1.29, 1.82) is 0 Å². The first-order valence-corrected chi connectivity index (χ1v) is 5.45. The predicted molar refractivity (Wildman–Crippen MR) is 58.1 cm³/mol. The molecule has 0 spiro atoms. The van der Waals surface area contributed by atoms with Gasteiger partial charge in [-0.15, -0.1) is 0 Å². The van der Waals surface area contributed by atoms with Gasteiger partial charge in [-0.1, -0.05) is 0 Å². The van der Waals surface area contributed by atoms with Gasteiger partial charge in [0.1, 0.15) is 11.9 Å². The molecule has 92 valence electrons. The molecule has 16 heavy (non-hydrogen) atoms. The normalized spacial score (nSPS) is 25.9. The summed E-state index contributed by atoms with van der Waals surface area (Å²) in [5.41, 5.74) is -0.522. The summed E-state index contributed by atoms with van der Waals surface area (Å²) in [5.74, 6) is -0.277. The van der Waals surface area contributed by atoms with E-state index >= 15 is 0 Å². The molecule has 0 bridgehead atoms. The topological polar surface area (TPSA) is 64.6 Å². The van der Waals surface area contributed by atoms with Crippen LogP contribution in [0.3, 0.4) is 0 Å². The van der Waals surface area contributed by atoms with Gasteiger partial charge < -0.3 is 19.6 Å². The second-order valence-corrected chi connectivity index (χ2v) is 4.92. The van der Waals surface area contributed by atoms with Crippen LogP contribution < -0.4 is 5.32 Å². The Bertz CT molecular complexity index is 259. The molecule has 1 aliphatic heterocycles. The zero-order chi connectivity index (χ0) is 12.2. The first-order chi connectivity index (χ1) is 7.42. The number of carbonyl (C=O) groups excluding carboxylic acids is 2. The van der Waals surface area contributed by atoms with Crippen molar-refractivity contribution in [2.75, 3.05) is 13.2 Å². The molecule has 1 saturated heterocycles. The lowest BCUT2D eigenvalue weighted by Gasteiger charge is -2.29. The van der Waals surface area contributed by atoms with Crippen LogP contribution in [0.4, 0.5) is 4.79 Å². The van der Waals surface area contributed by atoms with Crippen molar-refractivity contribution in [3.8, 4) is 0 Å². The molecular formula is C11H19NO4. The molecule has 0 radical (unpaired) electrons. The van der Waals surface area contributed by atoms with Gasteiger partial charge in [-0.25, -0.2) is 4.79 Å². The van der Waals surface area contributed by atoms with E-state index in [9.17, 15) is 9.59 Å². The van der Waals surface area contributed by atoms with Gasteiger partial charge in [0.05, 0.1) is 12.5 Å². The van der Waals surface area contributed by atoms with E-state index in [0.717, 1.165) is 6.29 Å². The van der Waals surface area contributed by atoms with Gasteiger partial charge >= 0.3 is 6.09 Å². The average Bonchev–Trinajstić information content (AvgIpc) is 2.15. The molecular weight excluding hydrogens is 210 g/mol. The van der Waals surface area contributed by atoms with Crippen molar-refractivity contribution in [3.05, 3.63) is 0 Å². The molecule has 0 saturated carbocycles. The number of hydrogen-bond donors (Lipinski definition) is 1. The highest BCUT2D eigenvalue weighted by molar-refractivity contribution is 5.69. The Morgan fingerprint density at radius 1 is 1.50 bits per heavy atom. The first kappa shape index (κ1) is 13.0. The maximum absolute atomic E-state index is 11.5. The van der Waals surface area contributed by atoms with Gasteiger partial charge in [-0.05, 0) is 27.2 Å². The minimum atomic E-state index is -0.522. The molecule has 0 unspecified atom stereocenters. The highest BCUT2D eigenvalue weighted by Crippen LogP contribution is 2.14. The van der Waals surface area contributed by atoms with Crippen LogP contribution in [0.25, 0.3) is 0 Å². The van der Waals surface area contributed by atoms with Crippen molar-refractivity contribution in [2.24, 2.45) is 5.92 Å². The molecule has 1 rings (SSSR count). The van der Waals surface area contributed by atoms with Crippen LogP contribution in [0, 0.1) is 5.92 Å². The molecule has 1 aliphatic rings. The lowest BCUT2D eigenvalue weighted by Crippen LogP contribution is -2.47. The third-order valence-electron chi connectivity index (χ3n) is 2.28. The van der Waals surface area contributed by atoms with Gasteiger partial charge in [0.15, 0.2) is 0 Å². The monoisotopic (exact) mass is 229 g/mol. The van der Waals surface area contributed by atoms with Crippen molar-refractivity contribution in [2.45, 2.75) is 38.8 Å². The van der Waals surface area contributed by atoms with Crippen molar-refractivity contribution in [3.63, 3.8) is 0 Å². The van der Waals surface area contributed by atoms with E-state index in [2.05, 4.69) is 5.32 Å². The third kappa shape index (κ3) is 4.18. The van der Waals surface area contributed by atoms with Crippen LogP contribution in [-0.4, -0.2) is 37.2 Å². The molecule has 0 aromatic heterocycles. The minimum Gasteiger partial charge on any atom is -0.444 e. The summed E-state index contributed by atoms with van der Waals surface area (Å²) in [6, 6.07) is -0.180. The number of nitrogens with one attached hydrogen (secondary N) is 1. The SMILES string of the molecule is CC(C)(C)OC(=O)N[C@@H]1CCOC[C@H]1C=O. The highest BCUT2D eigenvalue weighted by Gasteiger charge is 2.28. The van der Waals surface area contributed by atoms with Gasteiger partial charge in [0.25, 0.3) is 0 Å². The fourth-order valence-corrected chi connectivity index (χ4v) is 1.53. The number of alkyl carbamates (subject to hydrolysis) is 1. The summed E-state index contributed by atoms with van der Waals surface area (Å²) < 4.78 is 10.3. The van der Waals surface area contributed by atoms with Crippen molar-refractivity contribution < 1.29 is 19.1 Å². The second kappa shape index (κ2) is 5.30. The maximum atomic E-state index is 11.5. The molecule has 2 atom stereocenters. The standard InChI is InChI=1S/C11H19NO4/c1-11(2,3)16-10(14)12-9-4-5-15-7-8(9)6-13/h6,8-9H,4-5,7H2,1-3H3,(H,12,14)/t8-,9-/m1/s1. The van der Waals surface area contributed by atoms with Gasteiger partial charge in [0, 0.05) is 12.6 Å². The number of ether oxygens (including phenoxy) is 2. The van der Waals surface area contributed by atoms with Crippen LogP contribution in [0.1, 0.15) is 27.2 Å². The van der Waals surface area contributed by atoms with E-state index < -0.39 is 11.7 Å². The predicted octanol–water partition coefficient (Wildman–Crippen LogP) is 1.12. The number of hydrogen-bond acceptors (Lipinski definition) is 4. The fourth-order valence-electron chi connectivity index (χ4n) is 1.53. The Labute approximate surface area is 95.5 Å². The zero-order valence-corrected chi connectivity index (χ0v) is 9.99. The van der Waals surface area contributed by atoms with Crippen LogP contribution in [0.15, 0.2) is 0 Å². The Morgan fingerprint density at radius 3 is 2.75 bits per heavy atom. The first-order valence-electron chi connectivity index (χ1n) is 5.45. The Hall–Kier alpha value is -1.10. The molecule has 1 heterocycles. The molecule has 0 aromatic carbocycles. The van der Waals surface area contributed by atoms with Crippen LogP contribution in [0.2, 0.25) is 0 Å². The average molecular weight is 229 g/mol. The molecule has 0 aliphatic carbocycles.